The van der Waals surface area contributed by atoms with Crippen LogP contribution < -0.4 is 0 Å². The topological polar surface area (TPSA) is 50.1 Å². The van der Waals surface area contributed by atoms with Crippen molar-refractivity contribution in [1.29, 1.82) is 5.26 Å². The Morgan fingerprint density at radius 1 is 1.62 bits per heavy atom. The molecule has 0 aliphatic rings. The maximum absolute atomic E-state index is 13.2. The van der Waals surface area contributed by atoms with Crippen LogP contribution in [0.4, 0.5) is 4.39 Å². The first-order chi connectivity index (χ1) is 7.58. The van der Waals surface area contributed by atoms with Crippen molar-refractivity contribution in [2.75, 3.05) is 6.61 Å². The molecule has 0 aliphatic carbocycles. The summed E-state index contributed by atoms with van der Waals surface area (Å²) in [4.78, 5) is 11.2. The number of carbonyl (C=O) groups excluding carboxylic acids is 1. The second-order valence-electron chi connectivity index (χ2n) is 3.02. The third kappa shape index (κ3) is 2.94. The molecule has 16 heavy (non-hydrogen) atoms. The Morgan fingerprint density at radius 3 is 2.88 bits per heavy atom. The molecule has 0 saturated heterocycles. The van der Waals surface area contributed by atoms with Gasteiger partial charge in [-0.05, 0) is 24.6 Å². The lowest BCUT2D eigenvalue weighted by molar-refractivity contribution is -0.142. The summed E-state index contributed by atoms with van der Waals surface area (Å²) in [6, 6.07) is 3.95. The van der Waals surface area contributed by atoms with Gasteiger partial charge in [-0.2, -0.15) is 5.26 Å². The van der Waals surface area contributed by atoms with Gasteiger partial charge in [-0.25, -0.2) is 4.39 Å². The van der Waals surface area contributed by atoms with Gasteiger partial charge in [0.2, 0.25) is 0 Å². The van der Waals surface area contributed by atoms with E-state index in [1.54, 1.807) is 13.0 Å². The molecule has 3 nitrogen and oxygen atoms in total. The van der Waals surface area contributed by atoms with Crippen molar-refractivity contribution in [2.24, 2.45) is 0 Å². The van der Waals surface area contributed by atoms with Gasteiger partial charge in [0.25, 0.3) is 0 Å². The zero-order valence-corrected chi connectivity index (χ0v) is 9.34. The quantitative estimate of drug-likeness (QED) is 0.764. The van der Waals surface area contributed by atoms with Crippen LogP contribution in [0.5, 0.6) is 0 Å². The van der Waals surface area contributed by atoms with Crippen molar-refractivity contribution < 1.29 is 13.9 Å². The summed E-state index contributed by atoms with van der Waals surface area (Å²) in [5.74, 6) is -1.17. The molecule has 0 bridgehead atoms. The fourth-order valence-corrected chi connectivity index (χ4v) is 1.41. The van der Waals surface area contributed by atoms with Gasteiger partial charge in [0, 0.05) is 5.02 Å². The number of rotatable bonds is 3. The van der Waals surface area contributed by atoms with Crippen LogP contribution in [-0.2, 0) is 16.0 Å². The Kier molecular flexibility index (Phi) is 4.27. The molecule has 0 aromatic heterocycles. The highest BCUT2D eigenvalue weighted by Crippen LogP contribution is 2.21. The van der Waals surface area contributed by atoms with Crippen molar-refractivity contribution >= 4 is 17.6 Å². The maximum atomic E-state index is 13.2. The second kappa shape index (κ2) is 5.47. The van der Waals surface area contributed by atoms with E-state index in [-0.39, 0.29) is 23.6 Å². The van der Waals surface area contributed by atoms with E-state index >= 15 is 0 Å². The smallest absolute Gasteiger partial charge is 0.310 e. The number of benzene rings is 1. The van der Waals surface area contributed by atoms with Gasteiger partial charge in [0.05, 0.1) is 18.6 Å². The van der Waals surface area contributed by atoms with Crippen LogP contribution in [0.2, 0.25) is 5.02 Å². The zero-order chi connectivity index (χ0) is 12.1. The molecule has 0 amide bonds. The number of nitrogens with zero attached hydrogens (tertiary/aromatic N) is 1. The van der Waals surface area contributed by atoms with E-state index in [2.05, 4.69) is 0 Å². The molecule has 1 aromatic rings. The van der Waals surface area contributed by atoms with Gasteiger partial charge in [-0.3, -0.25) is 4.79 Å². The third-order valence-corrected chi connectivity index (χ3v) is 2.25. The predicted molar refractivity (Wildman–Crippen MR) is 56.5 cm³/mol. The highest BCUT2D eigenvalue weighted by Gasteiger charge is 2.12. The Balaban J connectivity index is 2.95. The van der Waals surface area contributed by atoms with Crippen molar-refractivity contribution in [3.8, 4) is 6.07 Å². The average Bonchev–Trinajstić information content (AvgIpc) is 2.23. The first-order valence-electron chi connectivity index (χ1n) is 4.62. The van der Waals surface area contributed by atoms with E-state index in [4.69, 9.17) is 21.6 Å². The van der Waals surface area contributed by atoms with Crippen LogP contribution in [0.1, 0.15) is 18.1 Å². The molecule has 0 saturated carbocycles. The number of hydrogen-bond donors (Lipinski definition) is 0. The molecule has 0 fully saturated rings. The molecule has 0 N–H and O–H groups in total. The average molecular weight is 242 g/mol. The van der Waals surface area contributed by atoms with E-state index in [0.717, 1.165) is 6.07 Å². The number of hydrogen-bond acceptors (Lipinski definition) is 3. The standard InChI is InChI=1S/C11H9ClFNO2/c1-2-16-11(15)5-7-4-10(13)8(6-14)3-9(7)12/h3-4H,2,5H2,1H3. The summed E-state index contributed by atoms with van der Waals surface area (Å²) in [5, 5.41) is 8.75. The fraction of sp³-hybridized carbons (Fsp3) is 0.273. The summed E-state index contributed by atoms with van der Waals surface area (Å²) < 4.78 is 17.9. The van der Waals surface area contributed by atoms with Crippen LogP contribution in [0, 0.1) is 17.1 Å². The molecule has 84 valence electrons. The SMILES string of the molecule is CCOC(=O)Cc1cc(F)c(C#N)cc1Cl. The van der Waals surface area contributed by atoms with Crippen LogP contribution in [0.15, 0.2) is 12.1 Å². The summed E-state index contributed by atoms with van der Waals surface area (Å²) >= 11 is 5.80. The predicted octanol–water partition coefficient (Wildman–Crippen LogP) is 2.46. The normalized spacial score (nSPS) is 9.62. The third-order valence-electron chi connectivity index (χ3n) is 1.90. The first kappa shape index (κ1) is 12.5. The van der Waals surface area contributed by atoms with Crippen LogP contribution in [0.3, 0.4) is 0 Å². The summed E-state index contributed by atoms with van der Waals surface area (Å²) in [7, 11) is 0. The molecule has 1 aromatic carbocycles. The van der Waals surface area contributed by atoms with Crippen molar-refractivity contribution in [2.45, 2.75) is 13.3 Å². The highest BCUT2D eigenvalue weighted by atomic mass is 35.5. The fourth-order valence-electron chi connectivity index (χ4n) is 1.18. The van der Waals surface area contributed by atoms with E-state index in [1.165, 1.54) is 6.07 Å². The Labute approximate surface area is 97.4 Å². The van der Waals surface area contributed by atoms with Crippen molar-refractivity contribution in [1.82, 2.24) is 0 Å². The van der Waals surface area contributed by atoms with Gasteiger partial charge in [0.1, 0.15) is 11.9 Å². The van der Waals surface area contributed by atoms with Gasteiger partial charge >= 0.3 is 5.97 Å². The van der Waals surface area contributed by atoms with Gasteiger partial charge in [-0.1, -0.05) is 11.6 Å². The Bertz CT molecular complexity index is 454. The first-order valence-corrected chi connectivity index (χ1v) is 5.00. The van der Waals surface area contributed by atoms with Crippen molar-refractivity contribution in [3.05, 3.63) is 34.1 Å². The number of esters is 1. The minimum absolute atomic E-state index is 0.102. The van der Waals surface area contributed by atoms with E-state index < -0.39 is 11.8 Å². The zero-order valence-electron chi connectivity index (χ0n) is 8.59. The number of halogens is 2. The van der Waals surface area contributed by atoms with E-state index in [0.29, 0.717) is 5.56 Å². The molecular weight excluding hydrogens is 233 g/mol. The molecule has 0 radical (unpaired) electrons. The van der Waals surface area contributed by atoms with E-state index in [1.807, 2.05) is 0 Å². The summed E-state index contributed by atoms with van der Waals surface area (Å²) in [6.45, 7) is 1.94. The van der Waals surface area contributed by atoms with Gasteiger partial charge in [0.15, 0.2) is 0 Å². The lowest BCUT2D eigenvalue weighted by atomic mass is 10.1. The van der Waals surface area contributed by atoms with Crippen LogP contribution in [0.25, 0.3) is 0 Å². The van der Waals surface area contributed by atoms with Crippen LogP contribution in [-0.4, -0.2) is 12.6 Å². The number of ether oxygens (including phenoxy) is 1. The number of nitriles is 1. The minimum Gasteiger partial charge on any atom is -0.466 e. The largest absolute Gasteiger partial charge is 0.466 e. The van der Waals surface area contributed by atoms with Gasteiger partial charge < -0.3 is 4.74 Å². The molecule has 1 rings (SSSR count). The van der Waals surface area contributed by atoms with Crippen LogP contribution >= 0.6 is 11.6 Å². The van der Waals surface area contributed by atoms with Gasteiger partial charge in [-0.15, -0.1) is 0 Å². The Morgan fingerprint density at radius 2 is 2.31 bits per heavy atom. The monoisotopic (exact) mass is 241 g/mol. The minimum atomic E-state index is -0.689. The van der Waals surface area contributed by atoms with E-state index in [9.17, 15) is 9.18 Å². The molecule has 0 heterocycles. The summed E-state index contributed by atoms with van der Waals surface area (Å²) in [6.07, 6.45) is -0.102. The Hall–Kier alpha value is -1.60. The molecular formula is C11H9ClFNO2. The lowest BCUT2D eigenvalue weighted by Gasteiger charge is -2.05. The van der Waals surface area contributed by atoms with Crippen molar-refractivity contribution in [3.63, 3.8) is 0 Å². The lowest BCUT2D eigenvalue weighted by Crippen LogP contribution is -2.08. The molecule has 0 atom stereocenters. The maximum Gasteiger partial charge on any atom is 0.310 e. The molecule has 5 heteroatoms. The molecule has 0 unspecified atom stereocenters. The second-order valence-corrected chi connectivity index (χ2v) is 3.42. The molecule has 0 spiro atoms. The molecule has 0 aliphatic heterocycles. The summed E-state index contributed by atoms with van der Waals surface area (Å²) in [5.41, 5.74) is 0.175. The highest BCUT2D eigenvalue weighted by molar-refractivity contribution is 6.31. The number of carbonyl (C=O) groups is 1.